The molecule has 0 bridgehead atoms. The predicted octanol–water partition coefficient (Wildman–Crippen LogP) is 5.00. The summed E-state index contributed by atoms with van der Waals surface area (Å²) in [6.45, 7) is 5.60. The zero-order valence-corrected chi connectivity index (χ0v) is 20.4. The minimum absolute atomic E-state index is 0.0809. The third-order valence-electron chi connectivity index (χ3n) is 6.04. The maximum absolute atomic E-state index is 12.4. The highest BCUT2D eigenvalue weighted by Gasteiger charge is 2.21. The van der Waals surface area contributed by atoms with Crippen molar-refractivity contribution in [1.82, 2.24) is 40.1 Å². The molecule has 0 radical (unpaired) electrons. The topological polar surface area (TPSA) is 138 Å². The van der Waals surface area contributed by atoms with Crippen LogP contribution in [0.4, 0.5) is 5.69 Å². The molecule has 6 aromatic rings. The molecule has 0 unspecified atom stereocenters. The number of nitrogens with one attached hydrogen (secondary N) is 3. The molecule has 0 atom stereocenters. The Morgan fingerprint density at radius 3 is 2.49 bits per heavy atom. The summed E-state index contributed by atoms with van der Waals surface area (Å²) in [5, 5.41) is 11.2. The fourth-order valence-electron chi connectivity index (χ4n) is 4.01. The van der Waals surface area contributed by atoms with Gasteiger partial charge in [0.2, 0.25) is 5.91 Å². The monoisotopic (exact) mass is 489 g/mol. The van der Waals surface area contributed by atoms with Gasteiger partial charge < -0.3 is 10.3 Å². The Hall–Kier alpha value is -4.99. The average Bonchev–Trinajstić information content (AvgIpc) is 3.52. The van der Waals surface area contributed by atoms with E-state index in [2.05, 4.69) is 40.4 Å². The van der Waals surface area contributed by atoms with Gasteiger partial charge in [-0.25, -0.2) is 9.97 Å². The Balaban J connectivity index is 1.40. The first-order valence-corrected chi connectivity index (χ1v) is 11.7. The van der Waals surface area contributed by atoms with E-state index in [0.717, 1.165) is 38.7 Å². The van der Waals surface area contributed by atoms with Crippen LogP contribution in [0.15, 0.2) is 67.6 Å². The van der Waals surface area contributed by atoms with Crippen LogP contribution in [-0.4, -0.2) is 46.0 Å². The SMILES string of the molecule is CC(C)(C)C(=O)Nc1cncc(-c2cnc3[nH]nc(-c4nc5c(-c6ccncc6)cncc5[nH]4)c3c2)c1. The van der Waals surface area contributed by atoms with Crippen molar-refractivity contribution in [3.63, 3.8) is 0 Å². The molecule has 10 heteroatoms. The first kappa shape index (κ1) is 22.5. The van der Waals surface area contributed by atoms with Crippen LogP contribution in [0, 0.1) is 5.41 Å². The number of H-pyrrole nitrogens is 2. The number of rotatable bonds is 4. The van der Waals surface area contributed by atoms with Gasteiger partial charge in [0.25, 0.3) is 0 Å². The van der Waals surface area contributed by atoms with Gasteiger partial charge in [0, 0.05) is 53.1 Å². The highest BCUT2D eigenvalue weighted by atomic mass is 16.2. The van der Waals surface area contributed by atoms with Crippen molar-refractivity contribution in [2.45, 2.75) is 20.8 Å². The van der Waals surface area contributed by atoms with E-state index in [9.17, 15) is 4.79 Å². The van der Waals surface area contributed by atoms with E-state index in [4.69, 9.17) is 4.98 Å². The summed E-state index contributed by atoms with van der Waals surface area (Å²) in [7, 11) is 0. The Bertz CT molecular complexity index is 1760. The molecule has 0 aromatic carbocycles. The van der Waals surface area contributed by atoms with Gasteiger partial charge in [-0.2, -0.15) is 5.10 Å². The van der Waals surface area contributed by atoms with Crippen LogP contribution >= 0.6 is 0 Å². The number of nitrogens with zero attached hydrogens (tertiary/aromatic N) is 6. The Morgan fingerprint density at radius 1 is 0.892 bits per heavy atom. The molecule has 182 valence electrons. The van der Waals surface area contributed by atoms with Crippen molar-refractivity contribution in [1.29, 1.82) is 0 Å². The van der Waals surface area contributed by atoms with Gasteiger partial charge in [-0.3, -0.25) is 24.8 Å². The lowest BCUT2D eigenvalue weighted by Gasteiger charge is -2.17. The fraction of sp³-hybridized carbons (Fsp3) is 0.148. The lowest BCUT2D eigenvalue weighted by molar-refractivity contribution is -0.123. The Labute approximate surface area is 211 Å². The van der Waals surface area contributed by atoms with Gasteiger partial charge in [0.05, 0.1) is 34.5 Å². The standard InChI is InChI=1S/C27H23N9O/c1-27(2,3)26(37)32-18-8-16(10-29-12-18)17-9-19-23(35-36-24(19)31-11-17)25-33-21-14-30-13-20(22(21)34-25)15-4-6-28-7-5-15/h4-14H,1-3H3,(H,32,37)(H,33,34)(H,31,35,36). The van der Waals surface area contributed by atoms with E-state index in [0.29, 0.717) is 22.9 Å². The number of pyridine rings is 4. The molecule has 37 heavy (non-hydrogen) atoms. The second-order valence-electron chi connectivity index (χ2n) is 9.76. The number of carbonyl (C=O) groups is 1. The summed E-state index contributed by atoms with van der Waals surface area (Å²) in [6.07, 6.45) is 12.2. The smallest absolute Gasteiger partial charge is 0.229 e. The van der Waals surface area contributed by atoms with Gasteiger partial charge in [-0.1, -0.05) is 20.8 Å². The van der Waals surface area contributed by atoms with Crippen molar-refractivity contribution in [2.24, 2.45) is 5.41 Å². The molecule has 0 fully saturated rings. The van der Waals surface area contributed by atoms with E-state index in [1.807, 2.05) is 45.0 Å². The van der Waals surface area contributed by atoms with Gasteiger partial charge in [-0.05, 0) is 29.8 Å². The quantitative estimate of drug-likeness (QED) is 0.317. The highest BCUT2D eigenvalue weighted by Crippen LogP contribution is 2.32. The van der Waals surface area contributed by atoms with Crippen LogP contribution in [0.25, 0.3) is 55.8 Å². The predicted molar refractivity (Wildman–Crippen MR) is 141 cm³/mol. The lowest BCUT2D eigenvalue weighted by atomic mass is 9.95. The van der Waals surface area contributed by atoms with Crippen LogP contribution in [0.1, 0.15) is 20.8 Å². The molecule has 0 spiro atoms. The normalized spacial score (nSPS) is 11.8. The third kappa shape index (κ3) is 4.18. The van der Waals surface area contributed by atoms with Crippen LogP contribution in [0.3, 0.4) is 0 Å². The van der Waals surface area contributed by atoms with Gasteiger partial charge in [0.1, 0.15) is 5.69 Å². The molecule has 3 N–H and O–H groups in total. The van der Waals surface area contributed by atoms with Gasteiger partial charge >= 0.3 is 0 Å². The van der Waals surface area contributed by atoms with E-state index < -0.39 is 5.41 Å². The van der Waals surface area contributed by atoms with E-state index in [1.165, 1.54) is 0 Å². The highest BCUT2D eigenvalue weighted by molar-refractivity contribution is 5.97. The van der Waals surface area contributed by atoms with Crippen LogP contribution in [-0.2, 0) is 4.79 Å². The molecular formula is C27H23N9O. The van der Waals surface area contributed by atoms with Gasteiger partial charge in [-0.15, -0.1) is 0 Å². The summed E-state index contributed by atoms with van der Waals surface area (Å²) in [5.41, 5.74) is 6.53. The van der Waals surface area contributed by atoms with E-state index in [1.54, 1.807) is 43.4 Å². The van der Waals surface area contributed by atoms with Crippen LogP contribution in [0.2, 0.25) is 0 Å². The minimum atomic E-state index is -0.512. The molecule has 10 nitrogen and oxygen atoms in total. The van der Waals surface area contributed by atoms with Crippen LogP contribution < -0.4 is 5.32 Å². The van der Waals surface area contributed by atoms with Crippen molar-refractivity contribution >= 4 is 33.7 Å². The fourth-order valence-corrected chi connectivity index (χ4v) is 4.01. The van der Waals surface area contributed by atoms with Crippen molar-refractivity contribution in [3.05, 3.63) is 67.6 Å². The van der Waals surface area contributed by atoms with Crippen molar-refractivity contribution < 1.29 is 4.79 Å². The Kier molecular flexibility index (Phi) is 5.22. The molecule has 1 amide bonds. The summed E-state index contributed by atoms with van der Waals surface area (Å²) in [5.74, 6) is 0.524. The number of carbonyl (C=O) groups excluding carboxylic acids is 1. The first-order valence-electron chi connectivity index (χ1n) is 11.7. The first-order chi connectivity index (χ1) is 17.9. The second kappa shape index (κ2) is 8.59. The molecule has 0 saturated heterocycles. The maximum atomic E-state index is 12.4. The molecule has 0 aliphatic heterocycles. The number of aromatic nitrogens is 8. The number of hydrogen-bond donors (Lipinski definition) is 3. The number of imidazole rings is 1. The molecule has 6 rings (SSSR count). The van der Waals surface area contributed by atoms with Crippen molar-refractivity contribution in [3.8, 4) is 33.8 Å². The van der Waals surface area contributed by atoms with Crippen LogP contribution in [0.5, 0.6) is 0 Å². The Morgan fingerprint density at radius 2 is 1.68 bits per heavy atom. The largest absolute Gasteiger partial charge is 0.335 e. The van der Waals surface area contributed by atoms with Gasteiger partial charge in [0.15, 0.2) is 11.5 Å². The number of amides is 1. The van der Waals surface area contributed by atoms with Crippen molar-refractivity contribution in [2.75, 3.05) is 5.32 Å². The molecule has 6 aromatic heterocycles. The molecule has 0 saturated carbocycles. The summed E-state index contributed by atoms with van der Waals surface area (Å²) in [4.78, 5) is 38.0. The lowest BCUT2D eigenvalue weighted by Crippen LogP contribution is -2.27. The molecule has 0 aliphatic carbocycles. The van der Waals surface area contributed by atoms with E-state index in [-0.39, 0.29) is 5.91 Å². The molecule has 0 aliphatic rings. The zero-order valence-electron chi connectivity index (χ0n) is 20.4. The maximum Gasteiger partial charge on any atom is 0.229 e. The summed E-state index contributed by atoms with van der Waals surface area (Å²) < 4.78 is 0. The zero-order chi connectivity index (χ0) is 25.6. The number of hydrogen-bond acceptors (Lipinski definition) is 7. The average molecular weight is 490 g/mol. The number of fused-ring (bicyclic) bond motifs is 2. The summed E-state index contributed by atoms with van der Waals surface area (Å²) in [6, 6.07) is 7.73. The summed E-state index contributed by atoms with van der Waals surface area (Å²) >= 11 is 0. The van der Waals surface area contributed by atoms with E-state index >= 15 is 0 Å². The number of aromatic amines is 2. The molecular weight excluding hydrogens is 466 g/mol. The second-order valence-corrected chi connectivity index (χ2v) is 9.76. The third-order valence-corrected chi connectivity index (χ3v) is 6.04. The minimum Gasteiger partial charge on any atom is -0.335 e. The molecule has 6 heterocycles. The number of anilines is 1.